The Morgan fingerprint density at radius 1 is 0.700 bits per heavy atom. The van der Waals surface area contributed by atoms with Gasteiger partial charge in [0, 0.05) is 40.9 Å². The zero-order valence-corrected chi connectivity index (χ0v) is 30.5. The van der Waals surface area contributed by atoms with Gasteiger partial charge < -0.3 is 4.74 Å². The van der Waals surface area contributed by atoms with Crippen LogP contribution in [0.15, 0.2) is 104 Å². The first kappa shape index (κ1) is 33.3. The van der Waals surface area contributed by atoms with E-state index in [1.165, 1.54) is 44.2 Å². The molecule has 5 nitrogen and oxygen atoms in total. The van der Waals surface area contributed by atoms with Crippen molar-refractivity contribution in [2.75, 3.05) is 0 Å². The average molecular weight is 661 g/mol. The Hall–Kier alpha value is -5.16. The Morgan fingerprint density at radius 3 is 2.24 bits per heavy atom. The largest absolute Gasteiger partial charge is 0.457 e. The Balaban J connectivity index is 1.24. The monoisotopic (exact) mass is 660 g/mol. The first-order valence-corrected chi connectivity index (χ1v) is 18.2. The molecule has 0 spiro atoms. The van der Waals surface area contributed by atoms with E-state index < -0.39 is 0 Å². The molecule has 0 amide bonds. The molecule has 3 heterocycles. The van der Waals surface area contributed by atoms with Crippen LogP contribution in [0.4, 0.5) is 0 Å². The maximum atomic E-state index is 6.55. The van der Waals surface area contributed by atoms with Crippen molar-refractivity contribution in [3.63, 3.8) is 0 Å². The normalized spacial score (nSPS) is 11.8. The smallest absolute Gasteiger partial charge is 0.137 e. The molecule has 0 radical (unpaired) electrons. The van der Waals surface area contributed by atoms with Gasteiger partial charge in [-0.15, -0.1) is 0 Å². The third kappa shape index (κ3) is 6.45. The van der Waals surface area contributed by atoms with Gasteiger partial charge in [0.15, 0.2) is 0 Å². The number of fused-ring (bicyclic) bond motifs is 3. The van der Waals surface area contributed by atoms with Crippen molar-refractivity contribution in [1.29, 1.82) is 0 Å². The molecule has 4 aromatic carbocycles. The molecule has 0 aliphatic heterocycles. The van der Waals surface area contributed by atoms with E-state index in [1.807, 2.05) is 35.3 Å². The number of nitrogens with zero attached hydrogens (tertiary/aromatic N) is 4. The number of para-hydroxylation sites is 1. The zero-order chi connectivity index (χ0) is 34.9. The van der Waals surface area contributed by atoms with E-state index in [0.29, 0.717) is 11.8 Å². The number of hydrogen-bond acceptors (Lipinski definition) is 3. The molecule has 0 bridgehead atoms. The van der Waals surface area contributed by atoms with E-state index in [2.05, 4.69) is 126 Å². The standard InChI is InChI=1S/C45H48N4O/c1-8-32-24-33(21-29(3)4)41(22-30(5)6)38(9-2)45(32)34-27-47-48(28-34)35-13-12-14-36(25-35)50-37-17-18-40-39-15-10-11-16-42(39)49(43(40)26-37)44-23-31(7)19-20-46-44/h10-20,23-30H,8-9,21-22H2,1-7H3. The molecule has 0 aliphatic rings. The van der Waals surface area contributed by atoms with Crippen LogP contribution in [0.5, 0.6) is 11.5 Å². The highest BCUT2D eigenvalue weighted by Crippen LogP contribution is 2.37. The topological polar surface area (TPSA) is 44.9 Å². The van der Waals surface area contributed by atoms with Crippen LogP contribution in [0.2, 0.25) is 0 Å². The molecule has 254 valence electrons. The molecule has 3 aromatic heterocycles. The lowest BCUT2D eigenvalue weighted by Crippen LogP contribution is -2.10. The van der Waals surface area contributed by atoms with Crippen molar-refractivity contribution < 1.29 is 4.74 Å². The van der Waals surface area contributed by atoms with Crippen LogP contribution in [-0.4, -0.2) is 19.3 Å². The number of rotatable bonds is 11. The van der Waals surface area contributed by atoms with Crippen molar-refractivity contribution in [2.45, 2.75) is 74.1 Å². The van der Waals surface area contributed by atoms with Crippen LogP contribution in [0, 0.1) is 18.8 Å². The van der Waals surface area contributed by atoms with Crippen LogP contribution in [0.25, 0.3) is 44.4 Å². The maximum absolute atomic E-state index is 6.55. The number of pyridine rings is 1. The van der Waals surface area contributed by atoms with Gasteiger partial charge in [0.05, 0.1) is 22.9 Å². The van der Waals surface area contributed by atoms with Crippen molar-refractivity contribution in [2.24, 2.45) is 11.8 Å². The van der Waals surface area contributed by atoms with Crippen LogP contribution in [0.1, 0.15) is 69.4 Å². The summed E-state index contributed by atoms with van der Waals surface area (Å²) in [6.45, 7) is 16.0. The van der Waals surface area contributed by atoms with Gasteiger partial charge in [-0.3, -0.25) is 4.57 Å². The lowest BCUT2D eigenvalue weighted by atomic mass is 9.81. The number of aromatic nitrogens is 4. The van der Waals surface area contributed by atoms with Crippen LogP contribution < -0.4 is 4.74 Å². The summed E-state index contributed by atoms with van der Waals surface area (Å²) in [7, 11) is 0. The second-order valence-corrected chi connectivity index (χ2v) is 14.4. The summed E-state index contributed by atoms with van der Waals surface area (Å²) in [4.78, 5) is 4.73. The molecule has 0 saturated carbocycles. The maximum Gasteiger partial charge on any atom is 0.137 e. The summed E-state index contributed by atoms with van der Waals surface area (Å²) in [5.74, 6) is 3.65. The highest BCUT2D eigenvalue weighted by molar-refractivity contribution is 6.09. The molecule has 0 aliphatic carbocycles. The Labute approximate surface area is 296 Å². The SMILES string of the molecule is CCc1cc(CC(C)C)c(CC(C)C)c(CC)c1-c1cnn(-c2cccc(Oc3ccc4c5ccccc5n(-c5cc(C)ccn5)c4c3)c2)c1. The highest BCUT2D eigenvalue weighted by atomic mass is 16.5. The van der Waals surface area contributed by atoms with Crippen molar-refractivity contribution in [3.05, 3.63) is 131 Å². The third-order valence-electron chi connectivity index (χ3n) is 9.66. The minimum atomic E-state index is 0.597. The van der Waals surface area contributed by atoms with Gasteiger partial charge in [0.25, 0.3) is 0 Å². The van der Waals surface area contributed by atoms with Crippen LogP contribution >= 0.6 is 0 Å². The van der Waals surface area contributed by atoms with Gasteiger partial charge >= 0.3 is 0 Å². The van der Waals surface area contributed by atoms with Gasteiger partial charge in [-0.2, -0.15) is 5.10 Å². The molecular weight excluding hydrogens is 613 g/mol. The summed E-state index contributed by atoms with van der Waals surface area (Å²) in [6, 6.07) is 29.7. The predicted octanol–water partition coefficient (Wildman–Crippen LogP) is 11.7. The summed E-state index contributed by atoms with van der Waals surface area (Å²) in [6.07, 6.45) is 10.3. The summed E-state index contributed by atoms with van der Waals surface area (Å²) in [5.41, 5.74) is 12.8. The average Bonchev–Trinajstić information content (AvgIpc) is 3.71. The van der Waals surface area contributed by atoms with E-state index in [0.717, 1.165) is 59.7 Å². The molecule has 0 N–H and O–H groups in total. The minimum Gasteiger partial charge on any atom is -0.457 e. The number of hydrogen-bond donors (Lipinski definition) is 0. The van der Waals surface area contributed by atoms with Crippen molar-refractivity contribution in [1.82, 2.24) is 19.3 Å². The first-order valence-electron chi connectivity index (χ1n) is 18.2. The summed E-state index contributed by atoms with van der Waals surface area (Å²) < 4.78 is 10.8. The minimum absolute atomic E-state index is 0.597. The van der Waals surface area contributed by atoms with Crippen LogP contribution in [-0.2, 0) is 25.7 Å². The number of benzene rings is 4. The van der Waals surface area contributed by atoms with E-state index in [-0.39, 0.29) is 0 Å². The fraction of sp³-hybridized carbons (Fsp3) is 0.289. The Kier molecular flexibility index (Phi) is 9.33. The summed E-state index contributed by atoms with van der Waals surface area (Å²) >= 11 is 0. The van der Waals surface area contributed by atoms with E-state index in [1.54, 1.807) is 5.56 Å². The molecule has 7 aromatic rings. The van der Waals surface area contributed by atoms with Crippen LogP contribution in [0.3, 0.4) is 0 Å². The van der Waals surface area contributed by atoms with E-state index in [4.69, 9.17) is 14.8 Å². The third-order valence-corrected chi connectivity index (χ3v) is 9.66. The van der Waals surface area contributed by atoms with Gasteiger partial charge in [-0.05, 0) is 120 Å². The first-order chi connectivity index (χ1) is 24.2. The quantitative estimate of drug-likeness (QED) is 0.139. The van der Waals surface area contributed by atoms with Crippen molar-refractivity contribution >= 4 is 21.8 Å². The van der Waals surface area contributed by atoms with E-state index >= 15 is 0 Å². The second kappa shape index (κ2) is 14.0. The van der Waals surface area contributed by atoms with Gasteiger partial charge in [-0.25, -0.2) is 9.67 Å². The number of aryl methyl sites for hydroxylation is 2. The number of ether oxygens (including phenoxy) is 1. The Bertz CT molecular complexity index is 2300. The van der Waals surface area contributed by atoms with Crippen molar-refractivity contribution in [3.8, 4) is 34.1 Å². The lowest BCUT2D eigenvalue weighted by molar-refractivity contribution is 0.483. The molecule has 7 rings (SSSR count). The Morgan fingerprint density at radius 2 is 1.48 bits per heavy atom. The zero-order valence-electron chi connectivity index (χ0n) is 30.5. The molecule has 5 heteroatoms. The van der Waals surface area contributed by atoms with Gasteiger partial charge in [0.2, 0.25) is 0 Å². The second-order valence-electron chi connectivity index (χ2n) is 14.4. The van der Waals surface area contributed by atoms with Gasteiger partial charge in [0.1, 0.15) is 17.3 Å². The molecule has 50 heavy (non-hydrogen) atoms. The molecule has 0 fully saturated rings. The highest BCUT2D eigenvalue weighted by Gasteiger charge is 2.21. The predicted molar refractivity (Wildman–Crippen MR) is 208 cm³/mol. The molecular formula is C45H48N4O. The van der Waals surface area contributed by atoms with E-state index in [9.17, 15) is 0 Å². The lowest BCUT2D eigenvalue weighted by Gasteiger charge is -2.23. The fourth-order valence-electron chi connectivity index (χ4n) is 7.54. The summed E-state index contributed by atoms with van der Waals surface area (Å²) in [5, 5.41) is 7.25. The molecule has 0 atom stereocenters. The van der Waals surface area contributed by atoms with Gasteiger partial charge in [-0.1, -0.05) is 71.9 Å². The fourth-order valence-corrected chi connectivity index (χ4v) is 7.54. The molecule has 0 unspecified atom stereocenters. The molecule has 0 saturated heterocycles.